The third-order valence-electron chi connectivity index (χ3n) is 5.65. The number of carbonyl (C=O) groups excluding carboxylic acids is 1. The molecule has 0 saturated heterocycles. The minimum absolute atomic E-state index is 0.351. The van der Waals surface area contributed by atoms with Gasteiger partial charge in [-0.1, -0.05) is 6.92 Å². The van der Waals surface area contributed by atoms with E-state index >= 15 is 0 Å². The molecule has 0 spiro atoms. The van der Waals surface area contributed by atoms with Crippen molar-refractivity contribution < 1.29 is 9.53 Å². The fourth-order valence-electron chi connectivity index (χ4n) is 4.80. The number of ether oxygens (including phenoxy) is 1. The van der Waals surface area contributed by atoms with E-state index in [9.17, 15) is 4.79 Å². The van der Waals surface area contributed by atoms with Crippen molar-refractivity contribution in [3.63, 3.8) is 0 Å². The van der Waals surface area contributed by atoms with E-state index in [4.69, 9.17) is 4.74 Å². The van der Waals surface area contributed by atoms with Crippen LogP contribution in [0.5, 0.6) is 5.75 Å². The Balaban J connectivity index is 1.45. The zero-order valence-electron chi connectivity index (χ0n) is 12.0. The lowest BCUT2D eigenvalue weighted by Gasteiger charge is -2.09. The predicted molar refractivity (Wildman–Crippen MR) is 77.9 cm³/mol. The van der Waals surface area contributed by atoms with E-state index in [0.29, 0.717) is 11.7 Å². The Morgan fingerprint density at radius 2 is 1.80 bits per heavy atom. The minimum Gasteiger partial charge on any atom is -0.494 e. The molecular formula is C18H22O2. The standard InChI is InChI=1S/C18H22O2/c1-2-9-20-14-7-5-11(6-8-14)18(19)17-15-12-3-4-13(10-12)16(15)17/h5-8,12-13,15-17H,2-4,9-10H2,1H3. The van der Waals surface area contributed by atoms with Crippen molar-refractivity contribution in [3.8, 4) is 5.75 Å². The fourth-order valence-corrected chi connectivity index (χ4v) is 4.80. The molecule has 3 aliphatic rings. The average Bonchev–Trinajstić information content (AvgIpc) is 2.92. The van der Waals surface area contributed by atoms with Crippen LogP contribution in [0.4, 0.5) is 0 Å². The molecule has 0 heterocycles. The largest absolute Gasteiger partial charge is 0.494 e. The highest BCUT2D eigenvalue weighted by Crippen LogP contribution is 2.69. The van der Waals surface area contributed by atoms with Crippen LogP contribution in [-0.4, -0.2) is 12.4 Å². The van der Waals surface area contributed by atoms with E-state index in [1.807, 2.05) is 24.3 Å². The van der Waals surface area contributed by atoms with Gasteiger partial charge in [-0.05, 0) is 73.6 Å². The van der Waals surface area contributed by atoms with Crippen molar-refractivity contribution in [2.24, 2.45) is 29.6 Å². The molecule has 3 fully saturated rings. The number of carbonyl (C=O) groups is 1. The van der Waals surface area contributed by atoms with Crippen molar-refractivity contribution in [1.82, 2.24) is 0 Å². The Hall–Kier alpha value is -1.31. The second-order valence-electron chi connectivity index (χ2n) is 6.75. The van der Waals surface area contributed by atoms with Crippen LogP contribution in [-0.2, 0) is 0 Å². The number of fused-ring (bicyclic) bond motifs is 5. The molecule has 3 aliphatic carbocycles. The summed E-state index contributed by atoms with van der Waals surface area (Å²) >= 11 is 0. The topological polar surface area (TPSA) is 26.3 Å². The van der Waals surface area contributed by atoms with Gasteiger partial charge in [0.15, 0.2) is 5.78 Å². The first-order valence-corrected chi connectivity index (χ1v) is 8.06. The first-order valence-electron chi connectivity index (χ1n) is 8.06. The minimum atomic E-state index is 0.351. The van der Waals surface area contributed by atoms with Gasteiger partial charge in [0, 0.05) is 11.5 Å². The summed E-state index contributed by atoms with van der Waals surface area (Å²) in [5, 5.41) is 0. The SMILES string of the molecule is CCCOc1ccc(C(=O)C2C3C4CCC(C4)C23)cc1. The smallest absolute Gasteiger partial charge is 0.166 e. The summed E-state index contributed by atoms with van der Waals surface area (Å²) < 4.78 is 5.57. The first kappa shape index (κ1) is 12.4. The number of benzene rings is 1. The maximum atomic E-state index is 12.6. The van der Waals surface area contributed by atoms with Crippen LogP contribution in [0, 0.1) is 29.6 Å². The second kappa shape index (κ2) is 4.61. The van der Waals surface area contributed by atoms with Gasteiger partial charge in [-0.15, -0.1) is 0 Å². The number of hydrogen-bond acceptors (Lipinski definition) is 2. The Morgan fingerprint density at radius 1 is 1.15 bits per heavy atom. The summed E-state index contributed by atoms with van der Waals surface area (Å²) in [4.78, 5) is 12.6. The van der Waals surface area contributed by atoms with E-state index in [1.54, 1.807) is 0 Å². The van der Waals surface area contributed by atoms with Gasteiger partial charge in [-0.25, -0.2) is 0 Å². The molecule has 0 aromatic heterocycles. The van der Waals surface area contributed by atoms with E-state index in [-0.39, 0.29) is 0 Å². The molecule has 0 amide bonds. The summed E-state index contributed by atoms with van der Waals surface area (Å²) in [5.74, 6) is 4.81. The molecule has 0 radical (unpaired) electrons. The fraction of sp³-hybridized carbons (Fsp3) is 0.611. The monoisotopic (exact) mass is 270 g/mol. The highest BCUT2D eigenvalue weighted by atomic mass is 16.5. The van der Waals surface area contributed by atoms with Crippen LogP contribution < -0.4 is 4.74 Å². The Labute approximate surface area is 120 Å². The molecule has 20 heavy (non-hydrogen) atoms. The Kier molecular flexibility index (Phi) is 2.87. The van der Waals surface area contributed by atoms with Gasteiger partial charge < -0.3 is 4.74 Å². The lowest BCUT2D eigenvalue weighted by Crippen LogP contribution is -2.10. The van der Waals surface area contributed by atoms with E-state index in [2.05, 4.69) is 6.92 Å². The maximum Gasteiger partial charge on any atom is 0.166 e. The molecule has 3 saturated carbocycles. The lowest BCUT2D eigenvalue weighted by atomic mass is 9.96. The van der Waals surface area contributed by atoms with Gasteiger partial charge in [-0.3, -0.25) is 4.79 Å². The van der Waals surface area contributed by atoms with Gasteiger partial charge in [0.25, 0.3) is 0 Å². The van der Waals surface area contributed by atoms with Crippen molar-refractivity contribution in [2.45, 2.75) is 32.6 Å². The predicted octanol–water partition coefficient (Wildman–Crippen LogP) is 3.95. The second-order valence-corrected chi connectivity index (χ2v) is 6.75. The zero-order valence-corrected chi connectivity index (χ0v) is 12.0. The molecule has 4 atom stereocenters. The van der Waals surface area contributed by atoms with Crippen LogP contribution in [0.25, 0.3) is 0 Å². The molecule has 1 aromatic carbocycles. The van der Waals surface area contributed by atoms with Gasteiger partial charge in [-0.2, -0.15) is 0 Å². The summed E-state index contributed by atoms with van der Waals surface area (Å²) in [7, 11) is 0. The number of ketones is 1. The van der Waals surface area contributed by atoms with Gasteiger partial charge in [0.05, 0.1) is 6.61 Å². The molecule has 106 valence electrons. The van der Waals surface area contributed by atoms with Gasteiger partial charge >= 0.3 is 0 Å². The summed E-state index contributed by atoms with van der Waals surface area (Å²) in [6.07, 6.45) is 5.16. The highest BCUT2D eigenvalue weighted by Gasteiger charge is 2.67. The number of rotatable bonds is 5. The average molecular weight is 270 g/mol. The lowest BCUT2D eigenvalue weighted by molar-refractivity contribution is 0.0944. The normalized spacial score (nSPS) is 36.8. The number of Topliss-reactive ketones (excluding diaryl/α,β-unsaturated/α-hetero) is 1. The highest BCUT2D eigenvalue weighted by molar-refractivity contribution is 6.00. The van der Waals surface area contributed by atoms with Crippen LogP contribution in [0.2, 0.25) is 0 Å². The molecule has 4 rings (SSSR count). The van der Waals surface area contributed by atoms with Crippen LogP contribution in [0.1, 0.15) is 43.0 Å². The van der Waals surface area contributed by atoms with Crippen LogP contribution in [0.3, 0.4) is 0 Å². The first-order chi connectivity index (χ1) is 9.79. The third-order valence-corrected chi connectivity index (χ3v) is 5.65. The number of hydrogen-bond donors (Lipinski definition) is 0. The van der Waals surface area contributed by atoms with Gasteiger partial charge in [0.2, 0.25) is 0 Å². The third kappa shape index (κ3) is 1.81. The summed E-state index contributed by atoms with van der Waals surface area (Å²) in [5.41, 5.74) is 0.882. The molecule has 0 aliphatic heterocycles. The molecule has 1 aromatic rings. The van der Waals surface area contributed by atoms with E-state index < -0.39 is 0 Å². The van der Waals surface area contributed by atoms with E-state index in [1.165, 1.54) is 19.3 Å². The molecule has 2 bridgehead atoms. The Bertz CT molecular complexity index is 503. The quantitative estimate of drug-likeness (QED) is 0.757. The molecule has 2 heteroatoms. The van der Waals surface area contributed by atoms with Crippen LogP contribution >= 0.6 is 0 Å². The van der Waals surface area contributed by atoms with E-state index in [0.717, 1.165) is 48.0 Å². The maximum absolute atomic E-state index is 12.6. The van der Waals surface area contributed by atoms with Crippen molar-refractivity contribution >= 4 is 5.78 Å². The van der Waals surface area contributed by atoms with Crippen LogP contribution in [0.15, 0.2) is 24.3 Å². The molecule has 2 nitrogen and oxygen atoms in total. The summed E-state index contributed by atoms with van der Waals surface area (Å²) in [6, 6.07) is 7.78. The molecule has 4 unspecified atom stereocenters. The molecule has 0 N–H and O–H groups in total. The van der Waals surface area contributed by atoms with Gasteiger partial charge in [0.1, 0.15) is 5.75 Å². The summed E-state index contributed by atoms with van der Waals surface area (Å²) in [6.45, 7) is 2.83. The van der Waals surface area contributed by atoms with Crippen molar-refractivity contribution in [1.29, 1.82) is 0 Å². The molecular weight excluding hydrogens is 248 g/mol. The Morgan fingerprint density at radius 3 is 2.40 bits per heavy atom. The van der Waals surface area contributed by atoms with Crippen molar-refractivity contribution in [2.75, 3.05) is 6.61 Å². The van der Waals surface area contributed by atoms with Crippen molar-refractivity contribution in [3.05, 3.63) is 29.8 Å². The zero-order chi connectivity index (χ0) is 13.7.